The molecule has 1 saturated carbocycles. The topological polar surface area (TPSA) is 67.9 Å². The molecule has 0 heterocycles. The van der Waals surface area contributed by atoms with Gasteiger partial charge in [0.25, 0.3) is 5.91 Å². The van der Waals surface area contributed by atoms with Crippen molar-refractivity contribution in [3.05, 3.63) is 59.9 Å². The third-order valence-electron chi connectivity index (χ3n) is 5.53. The summed E-state index contributed by atoms with van der Waals surface area (Å²) in [6.07, 6.45) is 4.15. The van der Waals surface area contributed by atoms with Gasteiger partial charge in [0.15, 0.2) is 6.61 Å². The lowest BCUT2D eigenvalue weighted by Crippen LogP contribution is -2.50. The monoisotopic (exact) mass is 428 g/mol. The van der Waals surface area contributed by atoms with E-state index in [2.05, 4.69) is 5.32 Å². The van der Waals surface area contributed by atoms with E-state index in [0.717, 1.165) is 31.2 Å². The first-order valence-corrected chi connectivity index (χ1v) is 10.6. The number of hydrogen-bond acceptors (Lipinski definition) is 4. The average molecular weight is 429 g/mol. The van der Waals surface area contributed by atoms with Crippen LogP contribution in [0, 0.1) is 5.82 Å². The van der Waals surface area contributed by atoms with Crippen LogP contribution in [0.3, 0.4) is 0 Å². The molecule has 0 aliphatic heterocycles. The van der Waals surface area contributed by atoms with Crippen LogP contribution in [-0.4, -0.2) is 42.5 Å². The molecule has 2 aromatic rings. The van der Waals surface area contributed by atoms with Crippen LogP contribution in [0.2, 0.25) is 0 Å². The molecule has 0 bridgehead atoms. The molecule has 1 N–H and O–H groups in total. The number of benzene rings is 2. The normalized spacial score (nSPS) is 14.7. The fraction of sp³-hybridized carbons (Fsp3) is 0.417. The molecule has 6 nitrogen and oxygen atoms in total. The number of methoxy groups -OCH3 is 1. The molecule has 2 amide bonds. The van der Waals surface area contributed by atoms with Gasteiger partial charge in [-0.05, 0) is 61.7 Å². The molecule has 0 saturated heterocycles. The fourth-order valence-electron chi connectivity index (χ4n) is 3.70. The minimum atomic E-state index is -0.670. The van der Waals surface area contributed by atoms with Gasteiger partial charge in [-0.25, -0.2) is 4.39 Å². The van der Waals surface area contributed by atoms with Gasteiger partial charge in [0, 0.05) is 12.6 Å². The number of amides is 2. The zero-order valence-corrected chi connectivity index (χ0v) is 18.0. The van der Waals surface area contributed by atoms with Crippen molar-refractivity contribution in [2.24, 2.45) is 0 Å². The van der Waals surface area contributed by atoms with E-state index in [4.69, 9.17) is 9.47 Å². The molecule has 3 rings (SSSR count). The van der Waals surface area contributed by atoms with Crippen LogP contribution in [0.5, 0.6) is 11.5 Å². The van der Waals surface area contributed by atoms with E-state index in [-0.39, 0.29) is 36.8 Å². The summed E-state index contributed by atoms with van der Waals surface area (Å²) in [6.45, 7) is 1.71. The van der Waals surface area contributed by atoms with E-state index in [1.165, 1.54) is 29.2 Å². The molecule has 2 aromatic carbocycles. The Morgan fingerprint density at radius 3 is 2.52 bits per heavy atom. The predicted molar refractivity (Wildman–Crippen MR) is 115 cm³/mol. The van der Waals surface area contributed by atoms with Crippen LogP contribution in [0.15, 0.2) is 48.5 Å². The Kier molecular flexibility index (Phi) is 7.87. The van der Waals surface area contributed by atoms with E-state index < -0.39 is 6.04 Å². The first-order valence-electron chi connectivity index (χ1n) is 10.6. The van der Waals surface area contributed by atoms with Crippen molar-refractivity contribution in [3.63, 3.8) is 0 Å². The highest BCUT2D eigenvalue weighted by Crippen LogP contribution is 2.20. The molecular formula is C24H29FN2O4. The van der Waals surface area contributed by atoms with Crippen LogP contribution in [0.25, 0.3) is 0 Å². The van der Waals surface area contributed by atoms with Crippen LogP contribution in [0.1, 0.15) is 38.2 Å². The van der Waals surface area contributed by atoms with Gasteiger partial charge in [-0.2, -0.15) is 0 Å². The molecule has 0 aromatic heterocycles. The highest BCUT2D eigenvalue weighted by atomic mass is 19.1. The van der Waals surface area contributed by atoms with Crippen molar-refractivity contribution in [1.29, 1.82) is 0 Å². The predicted octanol–water partition coefficient (Wildman–Crippen LogP) is 3.69. The van der Waals surface area contributed by atoms with E-state index in [1.807, 2.05) is 24.3 Å². The molecule has 166 valence electrons. The van der Waals surface area contributed by atoms with E-state index in [0.29, 0.717) is 11.5 Å². The molecule has 1 unspecified atom stereocenters. The number of nitrogens with one attached hydrogen (secondary N) is 1. The quantitative estimate of drug-likeness (QED) is 0.662. The molecule has 31 heavy (non-hydrogen) atoms. The fourth-order valence-corrected chi connectivity index (χ4v) is 3.70. The molecule has 7 heteroatoms. The summed E-state index contributed by atoms with van der Waals surface area (Å²) < 4.78 is 23.9. The molecule has 1 aliphatic carbocycles. The summed E-state index contributed by atoms with van der Waals surface area (Å²) in [6, 6.07) is 12.3. The van der Waals surface area contributed by atoms with E-state index in [9.17, 15) is 14.0 Å². The second-order valence-electron chi connectivity index (χ2n) is 7.78. The van der Waals surface area contributed by atoms with Crippen molar-refractivity contribution in [3.8, 4) is 11.5 Å². The number of hydrogen-bond donors (Lipinski definition) is 1. The summed E-state index contributed by atoms with van der Waals surface area (Å²) in [5, 5.41) is 3.06. The average Bonchev–Trinajstić information content (AvgIpc) is 3.29. The minimum Gasteiger partial charge on any atom is -0.497 e. The van der Waals surface area contributed by atoms with Crippen molar-refractivity contribution < 1.29 is 23.5 Å². The van der Waals surface area contributed by atoms with Gasteiger partial charge in [0.1, 0.15) is 23.4 Å². The first kappa shape index (κ1) is 22.6. The Hall–Kier alpha value is -3.09. The number of ether oxygens (including phenoxy) is 2. The van der Waals surface area contributed by atoms with Gasteiger partial charge >= 0.3 is 0 Å². The zero-order chi connectivity index (χ0) is 22.2. The third kappa shape index (κ3) is 6.44. The number of rotatable bonds is 9. The zero-order valence-electron chi connectivity index (χ0n) is 18.0. The lowest BCUT2D eigenvalue weighted by molar-refractivity contribution is -0.142. The Balaban J connectivity index is 1.72. The van der Waals surface area contributed by atoms with Crippen LogP contribution in [0.4, 0.5) is 4.39 Å². The molecule has 0 spiro atoms. The highest BCUT2D eigenvalue weighted by molar-refractivity contribution is 5.88. The maximum absolute atomic E-state index is 13.1. The maximum atomic E-state index is 13.1. The van der Waals surface area contributed by atoms with Gasteiger partial charge in [0.2, 0.25) is 5.91 Å². The van der Waals surface area contributed by atoms with Crippen molar-refractivity contribution in [2.45, 2.75) is 51.2 Å². The van der Waals surface area contributed by atoms with E-state index in [1.54, 1.807) is 14.0 Å². The Morgan fingerprint density at radius 1 is 1.13 bits per heavy atom. The minimum absolute atomic E-state index is 0.166. The standard InChI is InChI=1S/C24H29FN2O4/c1-17(24(29)26-20-7-3-4-8-20)27(15-18-6-5-9-22(14-18)30-2)23(28)16-31-21-12-10-19(25)11-13-21/h5-6,9-14,17,20H,3-4,7-8,15-16H2,1-2H3,(H,26,29). The Morgan fingerprint density at radius 2 is 1.84 bits per heavy atom. The summed E-state index contributed by atoms with van der Waals surface area (Å²) in [5.41, 5.74) is 0.843. The van der Waals surface area contributed by atoms with Crippen molar-refractivity contribution in [2.75, 3.05) is 13.7 Å². The number of carbonyl (C=O) groups is 2. The lowest BCUT2D eigenvalue weighted by atomic mass is 10.1. The second kappa shape index (κ2) is 10.8. The number of halogens is 1. The smallest absolute Gasteiger partial charge is 0.261 e. The SMILES string of the molecule is COc1cccc(CN(C(=O)COc2ccc(F)cc2)C(C)C(=O)NC2CCCC2)c1. The van der Waals surface area contributed by atoms with Crippen molar-refractivity contribution in [1.82, 2.24) is 10.2 Å². The third-order valence-corrected chi connectivity index (χ3v) is 5.53. The van der Waals surface area contributed by atoms with Crippen LogP contribution < -0.4 is 14.8 Å². The van der Waals surface area contributed by atoms with Gasteiger partial charge < -0.3 is 19.7 Å². The van der Waals surface area contributed by atoms with Gasteiger partial charge in [0.05, 0.1) is 7.11 Å². The van der Waals surface area contributed by atoms with Crippen molar-refractivity contribution >= 4 is 11.8 Å². The summed E-state index contributed by atoms with van der Waals surface area (Å²) >= 11 is 0. The van der Waals surface area contributed by atoms with E-state index >= 15 is 0 Å². The molecule has 0 radical (unpaired) electrons. The summed E-state index contributed by atoms with van der Waals surface area (Å²) in [5.74, 6) is 0.177. The van der Waals surface area contributed by atoms with Crippen LogP contribution >= 0.6 is 0 Å². The van der Waals surface area contributed by atoms with Gasteiger partial charge in [-0.1, -0.05) is 25.0 Å². The molecule has 1 atom stereocenters. The van der Waals surface area contributed by atoms with Gasteiger partial charge in [-0.15, -0.1) is 0 Å². The Bertz CT molecular complexity index is 881. The highest BCUT2D eigenvalue weighted by Gasteiger charge is 2.28. The Labute approximate surface area is 182 Å². The van der Waals surface area contributed by atoms with Gasteiger partial charge in [-0.3, -0.25) is 9.59 Å². The molecular weight excluding hydrogens is 399 g/mol. The first-order chi connectivity index (χ1) is 15.0. The lowest BCUT2D eigenvalue weighted by Gasteiger charge is -2.29. The van der Waals surface area contributed by atoms with Crippen LogP contribution in [-0.2, 0) is 16.1 Å². The maximum Gasteiger partial charge on any atom is 0.261 e. The number of nitrogens with zero attached hydrogens (tertiary/aromatic N) is 1. The largest absolute Gasteiger partial charge is 0.497 e. The summed E-state index contributed by atoms with van der Waals surface area (Å²) in [7, 11) is 1.58. The second-order valence-corrected chi connectivity index (χ2v) is 7.78. The molecule has 1 aliphatic rings. The summed E-state index contributed by atoms with van der Waals surface area (Å²) in [4.78, 5) is 27.4. The number of carbonyl (C=O) groups excluding carboxylic acids is 2. The molecule has 1 fully saturated rings.